The van der Waals surface area contributed by atoms with E-state index in [1.165, 1.54) is 16.0 Å². The second kappa shape index (κ2) is 9.65. The lowest BCUT2D eigenvalue weighted by atomic mass is 10.1. The van der Waals surface area contributed by atoms with Crippen molar-refractivity contribution in [2.45, 2.75) is 25.2 Å². The summed E-state index contributed by atoms with van der Waals surface area (Å²) in [6, 6.07) is 13.5. The maximum absolute atomic E-state index is 11.9. The van der Waals surface area contributed by atoms with Crippen molar-refractivity contribution in [2.24, 2.45) is 0 Å². The van der Waals surface area contributed by atoms with Crippen LogP contribution in [0.1, 0.15) is 17.5 Å². The van der Waals surface area contributed by atoms with Gasteiger partial charge in [-0.25, -0.2) is 0 Å². The molecule has 0 aliphatic rings. The third-order valence-corrected chi connectivity index (χ3v) is 4.91. The van der Waals surface area contributed by atoms with Crippen LogP contribution in [0.15, 0.2) is 47.4 Å². The van der Waals surface area contributed by atoms with Crippen LogP contribution in [0.3, 0.4) is 0 Å². The van der Waals surface area contributed by atoms with Crippen LogP contribution in [0.4, 0.5) is 5.69 Å². The van der Waals surface area contributed by atoms with E-state index in [0.717, 1.165) is 5.69 Å². The molecule has 0 heterocycles. The Balaban J connectivity index is 1.68. The molecule has 0 spiro atoms. The van der Waals surface area contributed by atoms with Crippen molar-refractivity contribution < 1.29 is 4.79 Å². The highest BCUT2D eigenvalue weighted by Crippen LogP contribution is 2.21. The van der Waals surface area contributed by atoms with Crippen molar-refractivity contribution in [3.8, 4) is 0 Å². The van der Waals surface area contributed by atoms with Gasteiger partial charge in [0.1, 0.15) is 0 Å². The van der Waals surface area contributed by atoms with Crippen LogP contribution < -0.4 is 16.2 Å². The number of rotatable bonds is 5. The summed E-state index contributed by atoms with van der Waals surface area (Å²) in [4.78, 5) is 13.0. The van der Waals surface area contributed by atoms with Crippen LogP contribution in [0.5, 0.6) is 0 Å². The summed E-state index contributed by atoms with van der Waals surface area (Å²) in [6.07, 6.45) is 0.393. The number of hydrogen-bond acceptors (Lipinski definition) is 3. The maximum atomic E-state index is 11.9. The third-order valence-electron chi connectivity index (χ3n) is 3.47. The van der Waals surface area contributed by atoms with Gasteiger partial charge in [-0.3, -0.25) is 15.6 Å². The topological polar surface area (TPSA) is 53.2 Å². The van der Waals surface area contributed by atoms with Gasteiger partial charge in [-0.1, -0.05) is 23.7 Å². The van der Waals surface area contributed by atoms with Gasteiger partial charge >= 0.3 is 0 Å². The Morgan fingerprint density at radius 3 is 2.64 bits per heavy atom. The number of thioether (sulfide) groups is 1. The third kappa shape index (κ3) is 6.94. The number of halogens is 1. The molecule has 0 bridgehead atoms. The first kappa shape index (κ1) is 19.6. The number of hydrazine groups is 1. The SMILES string of the molecule is Cc1ccc(SCCC(=O)NNC(=S)Nc2cccc(Cl)c2)cc1C. The van der Waals surface area contributed by atoms with Crippen LogP contribution in [0.2, 0.25) is 5.02 Å². The van der Waals surface area contributed by atoms with Crippen molar-refractivity contribution >= 4 is 52.3 Å². The van der Waals surface area contributed by atoms with Crippen LogP contribution in [0.25, 0.3) is 0 Å². The molecular weight excluding hydrogens is 374 g/mol. The minimum absolute atomic E-state index is 0.119. The second-order valence-corrected chi connectivity index (χ2v) is 7.50. The normalized spacial score (nSPS) is 10.2. The van der Waals surface area contributed by atoms with Crippen molar-refractivity contribution in [2.75, 3.05) is 11.1 Å². The number of anilines is 1. The number of amides is 1. The van der Waals surface area contributed by atoms with E-state index in [4.69, 9.17) is 23.8 Å². The monoisotopic (exact) mass is 393 g/mol. The van der Waals surface area contributed by atoms with Gasteiger partial charge in [0.2, 0.25) is 5.91 Å². The number of hydrogen-bond donors (Lipinski definition) is 3. The molecule has 0 aromatic heterocycles. The summed E-state index contributed by atoms with van der Waals surface area (Å²) in [5, 5.41) is 3.86. The lowest BCUT2D eigenvalue weighted by Crippen LogP contribution is -2.43. The predicted molar refractivity (Wildman–Crippen MR) is 110 cm³/mol. The van der Waals surface area contributed by atoms with Crippen molar-refractivity contribution in [3.63, 3.8) is 0 Å². The minimum Gasteiger partial charge on any atom is -0.331 e. The van der Waals surface area contributed by atoms with Gasteiger partial charge in [-0.05, 0) is 67.5 Å². The van der Waals surface area contributed by atoms with Crippen LogP contribution >= 0.6 is 35.6 Å². The molecule has 4 nitrogen and oxygen atoms in total. The van der Waals surface area contributed by atoms with Crippen LogP contribution in [-0.4, -0.2) is 16.8 Å². The van der Waals surface area contributed by atoms with Crippen molar-refractivity contribution in [1.82, 2.24) is 10.9 Å². The highest BCUT2D eigenvalue weighted by molar-refractivity contribution is 7.99. The Hall–Kier alpha value is -1.76. The zero-order valence-corrected chi connectivity index (χ0v) is 16.4. The zero-order valence-electron chi connectivity index (χ0n) is 14.1. The van der Waals surface area contributed by atoms with Crippen molar-refractivity contribution in [3.05, 3.63) is 58.6 Å². The number of benzene rings is 2. The van der Waals surface area contributed by atoms with Gasteiger partial charge in [0, 0.05) is 27.8 Å². The first-order chi connectivity index (χ1) is 11.9. The van der Waals surface area contributed by atoms with E-state index >= 15 is 0 Å². The molecule has 25 heavy (non-hydrogen) atoms. The number of carbonyl (C=O) groups excluding carboxylic acids is 1. The first-order valence-electron chi connectivity index (χ1n) is 7.75. The average Bonchev–Trinajstić information content (AvgIpc) is 2.56. The van der Waals surface area contributed by atoms with Gasteiger partial charge < -0.3 is 5.32 Å². The number of carbonyl (C=O) groups is 1. The van der Waals surface area contributed by atoms with Crippen molar-refractivity contribution in [1.29, 1.82) is 0 Å². The summed E-state index contributed by atoms with van der Waals surface area (Å²) >= 11 is 12.7. The molecule has 0 saturated heterocycles. The number of thiocarbonyl (C=S) groups is 1. The fraction of sp³-hybridized carbons (Fsp3) is 0.222. The van der Waals surface area contributed by atoms with Gasteiger partial charge in [0.25, 0.3) is 0 Å². The van der Waals surface area contributed by atoms with Gasteiger partial charge in [0.15, 0.2) is 5.11 Å². The number of nitrogens with one attached hydrogen (secondary N) is 3. The average molecular weight is 394 g/mol. The summed E-state index contributed by atoms with van der Waals surface area (Å²) in [7, 11) is 0. The van der Waals surface area contributed by atoms with Crippen LogP contribution in [0, 0.1) is 13.8 Å². The van der Waals surface area contributed by atoms with E-state index in [0.29, 0.717) is 22.3 Å². The van der Waals surface area contributed by atoms with E-state index in [-0.39, 0.29) is 5.91 Å². The maximum Gasteiger partial charge on any atom is 0.239 e. The van der Waals surface area contributed by atoms with E-state index in [9.17, 15) is 4.79 Å². The first-order valence-corrected chi connectivity index (χ1v) is 9.52. The predicted octanol–water partition coefficient (Wildman–Crippen LogP) is 4.46. The van der Waals surface area contributed by atoms with E-state index in [1.807, 2.05) is 12.1 Å². The molecule has 7 heteroatoms. The van der Waals surface area contributed by atoms with E-state index < -0.39 is 0 Å². The largest absolute Gasteiger partial charge is 0.331 e. The van der Waals surface area contributed by atoms with Crippen LogP contribution in [-0.2, 0) is 4.79 Å². The summed E-state index contributed by atoms with van der Waals surface area (Å²) in [5.74, 6) is 0.580. The molecule has 0 unspecified atom stereocenters. The molecule has 0 saturated carbocycles. The molecular formula is C18H20ClN3OS2. The Bertz CT molecular complexity index is 768. The fourth-order valence-corrected chi connectivity index (χ4v) is 3.29. The van der Waals surface area contributed by atoms with E-state index in [1.54, 1.807) is 23.9 Å². The molecule has 3 N–H and O–H groups in total. The summed E-state index contributed by atoms with van der Waals surface area (Å²) in [6.45, 7) is 4.17. The second-order valence-electron chi connectivity index (χ2n) is 5.48. The molecule has 1 amide bonds. The standard InChI is InChI=1S/C18H20ClN3OS2/c1-12-6-7-16(10-13(12)2)25-9-8-17(23)21-22-18(24)20-15-5-3-4-14(19)11-15/h3-7,10-11H,8-9H2,1-2H3,(H,21,23)(H2,20,22,24). The smallest absolute Gasteiger partial charge is 0.239 e. The molecule has 0 aliphatic heterocycles. The molecule has 2 aromatic rings. The minimum atomic E-state index is -0.119. The molecule has 0 radical (unpaired) electrons. The van der Waals surface area contributed by atoms with Gasteiger partial charge in [0.05, 0.1) is 0 Å². The van der Waals surface area contributed by atoms with E-state index in [2.05, 4.69) is 48.2 Å². The molecule has 132 valence electrons. The Kier molecular flexibility index (Phi) is 7.55. The number of aryl methyl sites for hydroxylation is 2. The lowest BCUT2D eigenvalue weighted by Gasteiger charge is -2.11. The summed E-state index contributed by atoms with van der Waals surface area (Å²) < 4.78 is 0. The molecule has 2 aromatic carbocycles. The molecule has 0 atom stereocenters. The van der Waals surface area contributed by atoms with Gasteiger partial charge in [-0.15, -0.1) is 11.8 Å². The highest BCUT2D eigenvalue weighted by atomic mass is 35.5. The molecule has 0 fully saturated rings. The quantitative estimate of drug-likeness (QED) is 0.398. The Labute approximate surface area is 162 Å². The zero-order chi connectivity index (χ0) is 18.2. The van der Waals surface area contributed by atoms with Gasteiger partial charge in [-0.2, -0.15) is 0 Å². The summed E-state index contributed by atoms with van der Waals surface area (Å²) in [5.41, 5.74) is 8.55. The fourth-order valence-electron chi connectivity index (χ4n) is 1.98. The highest BCUT2D eigenvalue weighted by Gasteiger charge is 2.04. The molecule has 2 rings (SSSR count). The molecule has 0 aliphatic carbocycles. The lowest BCUT2D eigenvalue weighted by molar-refractivity contribution is -0.121. The Morgan fingerprint density at radius 2 is 1.92 bits per heavy atom. The Morgan fingerprint density at radius 1 is 1.12 bits per heavy atom.